The Morgan fingerprint density at radius 3 is 2.21 bits per heavy atom. The van der Waals surface area contributed by atoms with Gasteiger partial charge in [-0.2, -0.15) is 0 Å². The van der Waals surface area contributed by atoms with Crippen molar-refractivity contribution in [3.05, 3.63) is 47.6 Å². The molecule has 0 aromatic carbocycles. The molecular formula is C55H88NO15P. The lowest BCUT2D eigenvalue weighted by molar-refractivity contribution is -0.265. The van der Waals surface area contributed by atoms with E-state index in [0.29, 0.717) is 69.8 Å². The molecule has 2 N–H and O–H groups in total. The Morgan fingerprint density at radius 1 is 0.847 bits per heavy atom. The summed E-state index contributed by atoms with van der Waals surface area (Å²) in [5.41, 5.74) is 1.24. The van der Waals surface area contributed by atoms with E-state index in [9.17, 15) is 38.8 Å². The summed E-state index contributed by atoms with van der Waals surface area (Å²) < 4.78 is 54.6. The first kappa shape index (κ1) is 61.4. The van der Waals surface area contributed by atoms with Gasteiger partial charge in [0.1, 0.15) is 30.1 Å². The fraction of sp³-hybridized carbons (Fsp3) is 0.764. The first-order valence-electron chi connectivity index (χ1n) is 26.3. The number of aliphatic hydroxyl groups is 2. The molecule has 4 aliphatic rings. The Bertz CT molecular complexity index is 2020. The topological polar surface area (TPSA) is 211 Å². The second-order valence-corrected chi connectivity index (χ2v) is 23.6. The van der Waals surface area contributed by atoms with Crippen molar-refractivity contribution in [3.8, 4) is 0 Å². The zero-order valence-electron chi connectivity index (χ0n) is 45.4. The van der Waals surface area contributed by atoms with Gasteiger partial charge in [-0.05, 0) is 121 Å². The number of cyclic esters (lactones) is 1. The number of ketones is 3. The summed E-state index contributed by atoms with van der Waals surface area (Å²) in [6.07, 6.45) is 10.5. The van der Waals surface area contributed by atoms with Gasteiger partial charge in [0.15, 0.2) is 5.78 Å². The van der Waals surface area contributed by atoms with Crippen LogP contribution in [-0.2, 0) is 61.3 Å². The van der Waals surface area contributed by atoms with E-state index in [-0.39, 0.29) is 48.9 Å². The van der Waals surface area contributed by atoms with E-state index in [1.54, 1.807) is 54.9 Å². The number of fused-ring (bicyclic) bond motifs is 3. The number of nitrogens with zero attached hydrogens (tertiary/aromatic N) is 1. The van der Waals surface area contributed by atoms with Crippen LogP contribution in [0, 0.1) is 35.5 Å². The largest absolute Gasteiger partial charge is 0.460 e. The van der Waals surface area contributed by atoms with E-state index < -0.39 is 103 Å². The molecule has 2 bridgehead atoms. The number of Topliss-reactive ketones (excluding diaryl/α,β-unsaturated/α-hetero) is 3. The van der Waals surface area contributed by atoms with Gasteiger partial charge in [-0.15, -0.1) is 0 Å². The molecule has 1 amide bonds. The molecule has 1 aliphatic carbocycles. The van der Waals surface area contributed by atoms with E-state index in [1.807, 2.05) is 58.1 Å². The highest BCUT2D eigenvalue weighted by molar-refractivity contribution is 7.53. The van der Waals surface area contributed by atoms with Crippen LogP contribution in [0.3, 0.4) is 0 Å². The number of hydrogen-bond acceptors (Lipinski definition) is 15. The van der Waals surface area contributed by atoms with Gasteiger partial charge in [-0.25, -0.2) is 4.79 Å². The number of methoxy groups -OCH3 is 3. The van der Waals surface area contributed by atoms with Gasteiger partial charge in [0, 0.05) is 65.1 Å². The molecule has 2 saturated heterocycles. The standard InChI is InChI=1S/C55H88NO15P/c1-33(2)70-72(13,64)71-45-25-23-41(30-48(45)66-11)29-37(6)47-32-44(57)36(5)28-39(8)50(59)51(67-12)49(58)38(7)27-34(3)19-15-14-16-20-35(4)46(65-10)31-42-24-22-40(9)55(63,69-42)52(60)53(61)56-26-18-17-21-43(56)54(62)68-47/h14-16,19-20,28,33-34,36-38,40-43,45-48,50-51,59,63H,17-18,21-27,29-32H2,1-13H3/b16-14+,19-15+,35-20+,39-28+/t34-,36-,37-,38-,40?,41+,42+,43?,45-,46+,47+,48-,50-,51+,55?,72?/m1/s1. The number of rotatable bonds is 10. The molecule has 408 valence electrons. The molecule has 3 fully saturated rings. The van der Waals surface area contributed by atoms with Crippen LogP contribution in [0.15, 0.2) is 47.6 Å². The SMILES string of the molecule is CO[C@H]1C[C@@H]2CCC(C)C(O)(O2)C(=O)C(=O)N2CCCCC2C(=O)O[C@H]([C@H](C)C[C@@H]2CC[C@@H](OP(C)(=O)OC(C)C)[C@H](OC)C2)CC(=O)[C@H](C)/C=C(\C)[C@@H](O)[C@@H](OC)C(=O)[C@H](C)C[C@H](C)/C=C/C=C/C=C/1C. The zero-order valence-corrected chi connectivity index (χ0v) is 46.3. The third-order valence-electron chi connectivity index (χ3n) is 15.2. The fourth-order valence-electron chi connectivity index (χ4n) is 10.9. The minimum atomic E-state index is -3.37. The van der Waals surface area contributed by atoms with Crippen LogP contribution < -0.4 is 0 Å². The van der Waals surface area contributed by atoms with Gasteiger partial charge in [-0.1, -0.05) is 71.1 Å². The molecule has 1 saturated carbocycles. The monoisotopic (exact) mass is 1030 g/mol. The van der Waals surface area contributed by atoms with Gasteiger partial charge < -0.3 is 47.8 Å². The summed E-state index contributed by atoms with van der Waals surface area (Å²) in [6, 6.07) is -1.17. The maximum Gasteiger partial charge on any atom is 0.329 e. The first-order valence-corrected chi connectivity index (χ1v) is 28.3. The minimum Gasteiger partial charge on any atom is -0.460 e. The predicted molar refractivity (Wildman–Crippen MR) is 274 cm³/mol. The predicted octanol–water partition coefficient (Wildman–Crippen LogP) is 8.45. The van der Waals surface area contributed by atoms with E-state index in [2.05, 4.69) is 0 Å². The number of hydrogen-bond donors (Lipinski definition) is 2. The average molecular weight is 1030 g/mol. The van der Waals surface area contributed by atoms with Gasteiger partial charge >= 0.3 is 13.6 Å². The Morgan fingerprint density at radius 2 is 1.56 bits per heavy atom. The molecule has 72 heavy (non-hydrogen) atoms. The second kappa shape index (κ2) is 28.1. The molecule has 0 aromatic rings. The van der Waals surface area contributed by atoms with Crippen LogP contribution in [0.1, 0.15) is 139 Å². The molecule has 0 spiro atoms. The van der Waals surface area contributed by atoms with Gasteiger partial charge in [-0.3, -0.25) is 23.7 Å². The highest BCUT2D eigenvalue weighted by Crippen LogP contribution is 2.49. The van der Waals surface area contributed by atoms with Crippen molar-refractivity contribution in [2.24, 2.45) is 35.5 Å². The van der Waals surface area contributed by atoms with Crippen LogP contribution in [0.25, 0.3) is 0 Å². The molecule has 4 rings (SSSR count). The van der Waals surface area contributed by atoms with Crippen molar-refractivity contribution < 1.29 is 71.5 Å². The summed E-state index contributed by atoms with van der Waals surface area (Å²) >= 11 is 0. The van der Waals surface area contributed by atoms with E-state index in [4.69, 9.17) is 32.7 Å². The molecule has 3 heterocycles. The van der Waals surface area contributed by atoms with Crippen molar-refractivity contribution in [2.45, 2.75) is 200 Å². The van der Waals surface area contributed by atoms with Crippen LogP contribution in [0.2, 0.25) is 0 Å². The van der Waals surface area contributed by atoms with Crippen molar-refractivity contribution in [1.29, 1.82) is 0 Å². The van der Waals surface area contributed by atoms with Gasteiger partial charge in [0.2, 0.25) is 5.79 Å². The zero-order chi connectivity index (χ0) is 53.7. The van der Waals surface area contributed by atoms with E-state index in [1.165, 1.54) is 18.7 Å². The van der Waals surface area contributed by atoms with Crippen molar-refractivity contribution >= 4 is 36.8 Å². The number of ether oxygens (including phenoxy) is 5. The van der Waals surface area contributed by atoms with E-state index in [0.717, 1.165) is 5.57 Å². The molecule has 0 radical (unpaired) electrons. The fourth-order valence-corrected chi connectivity index (χ4v) is 12.4. The second-order valence-electron chi connectivity index (χ2n) is 21.6. The van der Waals surface area contributed by atoms with Crippen LogP contribution >= 0.6 is 7.60 Å². The number of piperidine rings is 1. The Labute approximate surface area is 429 Å². The summed E-state index contributed by atoms with van der Waals surface area (Å²) in [5.74, 6) is -8.28. The first-order chi connectivity index (χ1) is 33.9. The molecule has 4 unspecified atom stereocenters. The number of esters is 1. The van der Waals surface area contributed by atoms with Crippen molar-refractivity contribution in [1.82, 2.24) is 4.90 Å². The van der Waals surface area contributed by atoms with Crippen LogP contribution in [-0.4, -0.2) is 140 Å². The molecule has 0 aromatic heterocycles. The number of aliphatic hydroxyl groups excluding tert-OH is 1. The molecule has 16 nitrogen and oxygen atoms in total. The highest BCUT2D eigenvalue weighted by Gasteiger charge is 2.53. The van der Waals surface area contributed by atoms with Crippen LogP contribution in [0.4, 0.5) is 0 Å². The summed E-state index contributed by atoms with van der Waals surface area (Å²) in [6.45, 7) is 17.7. The number of carbonyl (C=O) groups is 5. The maximum absolute atomic E-state index is 14.5. The lowest BCUT2D eigenvalue weighted by atomic mass is 9.78. The molecule has 17 heteroatoms. The van der Waals surface area contributed by atoms with Crippen molar-refractivity contribution in [3.63, 3.8) is 0 Å². The average Bonchev–Trinajstić information content (AvgIpc) is 3.32. The lowest BCUT2D eigenvalue weighted by Crippen LogP contribution is -2.61. The molecule has 3 aliphatic heterocycles. The summed E-state index contributed by atoms with van der Waals surface area (Å²) in [7, 11) is 1.15. The van der Waals surface area contributed by atoms with E-state index >= 15 is 0 Å². The third kappa shape index (κ3) is 16.9. The van der Waals surface area contributed by atoms with Gasteiger partial charge in [0.25, 0.3) is 11.7 Å². The van der Waals surface area contributed by atoms with Gasteiger partial charge in [0.05, 0.1) is 30.5 Å². The number of amides is 1. The normalized spacial score (nSPS) is 38.6. The summed E-state index contributed by atoms with van der Waals surface area (Å²) in [4.78, 5) is 72.5. The number of carbonyl (C=O) groups excluding carboxylic acids is 5. The smallest absolute Gasteiger partial charge is 0.329 e. The third-order valence-corrected chi connectivity index (χ3v) is 16.6. The highest BCUT2D eigenvalue weighted by atomic mass is 31.2. The lowest BCUT2D eigenvalue weighted by Gasteiger charge is -2.42. The molecule has 16 atom stereocenters. The Balaban J connectivity index is 1.70. The minimum absolute atomic E-state index is 0.00576. The quantitative estimate of drug-likeness (QED) is 0.0910. The molecular weight excluding hydrogens is 946 g/mol. The summed E-state index contributed by atoms with van der Waals surface area (Å²) in [5, 5.41) is 23.5. The van der Waals surface area contributed by atoms with Crippen LogP contribution in [0.5, 0.6) is 0 Å². The Kier molecular flexibility index (Phi) is 23.9. The maximum atomic E-state index is 14.5. The van der Waals surface area contributed by atoms with Crippen molar-refractivity contribution in [2.75, 3.05) is 34.5 Å². The number of allylic oxidation sites excluding steroid dienone is 6. The Hall–Kier alpha value is -3.18.